The van der Waals surface area contributed by atoms with Crippen molar-refractivity contribution < 1.29 is 0 Å². The van der Waals surface area contributed by atoms with E-state index in [9.17, 15) is 4.79 Å². The van der Waals surface area contributed by atoms with Crippen LogP contribution in [0.25, 0.3) is 11.5 Å². The van der Waals surface area contributed by atoms with Crippen LogP contribution in [0.2, 0.25) is 0 Å². The van der Waals surface area contributed by atoms with Crippen LogP contribution in [0.1, 0.15) is 25.4 Å². The number of H-pyrrole nitrogens is 1. The van der Waals surface area contributed by atoms with Gasteiger partial charge in [0.25, 0.3) is 5.56 Å². The number of hydrogen-bond donors (Lipinski definition) is 1. The Morgan fingerprint density at radius 2 is 2.11 bits per heavy atom. The fourth-order valence-corrected chi connectivity index (χ4v) is 1.74. The Kier molecular flexibility index (Phi) is 3.50. The van der Waals surface area contributed by atoms with Crippen molar-refractivity contribution in [2.24, 2.45) is 5.92 Å². The largest absolute Gasteiger partial charge is 0.305 e. The first kappa shape index (κ1) is 12.4. The molecule has 18 heavy (non-hydrogen) atoms. The fraction of sp³-hybridized carbons (Fsp3) is 0.385. The van der Waals surface area contributed by atoms with Crippen LogP contribution in [0.4, 0.5) is 0 Å². The number of aryl methyl sites for hydroxylation is 1. The molecule has 0 spiro atoms. The first-order valence-electron chi connectivity index (χ1n) is 5.95. The maximum atomic E-state index is 11.6. The Balaban J connectivity index is 2.45. The molecule has 2 aromatic heterocycles. The van der Waals surface area contributed by atoms with Gasteiger partial charge in [0.1, 0.15) is 11.5 Å². The zero-order valence-corrected chi connectivity index (χ0v) is 10.8. The van der Waals surface area contributed by atoms with Crippen LogP contribution in [0.15, 0.2) is 23.1 Å². The molecule has 0 saturated carbocycles. The summed E-state index contributed by atoms with van der Waals surface area (Å²) in [6.45, 7) is 5.99. The molecule has 2 heterocycles. The minimum atomic E-state index is -0.146. The van der Waals surface area contributed by atoms with Crippen molar-refractivity contribution in [3.05, 3.63) is 40.2 Å². The van der Waals surface area contributed by atoms with E-state index in [1.807, 2.05) is 0 Å². The van der Waals surface area contributed by atoms with Gasteiger partial charge in [0.2, 0.25) is 0 Å². The summed E-state index contributed by atoms with van der Waals surface area (Å²) < 4.78 is 0. The van der Waals surface area contributed by atoms with Gasteiger partial charge in [-0.05, 0) is 25.3 Å². The molecule has 0 fully saturated rings. The number of hydrogen-bond acceptors (Lipinski definition) is 4. The van der Waals surface area contributed by atoms with Gasteiger partial charge in [-0.1, -0.05) is 13.8 Å². The van der Waals surface area contributed by atoms with Crippen LogP contribution >= 0.6 is 0 Å². The lowest BCUT2D eigenvalue weighted by Gasteiger charge is -2.06. The average Bonchev–Trinajstić information content (AvgIpc) is 2.27. The number of nitrogens with one attached hydrogen (secondary N) is 1. The zero-order chi connectivity index (χ0) is 13.1. The molecule has 2 aromatic rings. The number of aromatic amines is 1. The standard InChI is InChI=1S/C13H16N4O/c1-8(2)6-10-7-12(18)17-13(16-10)11-4-5-14-9(3)15-11/h4-5,7-8H,6H2,1-3H3,(H,16,17,18). The van der Waals surface area contributed by atoms with Gasteiger partial charge in [-0.2, -0.15) is 0 Å². The summed E-state index contributed by atoms with van der Waals surface area (Å²) in [6, 6.07) is 3.28. The van der Waals surface area contributed by atoms with Gasteiger partial charge in [0.05, 0.1) is 0 Å². The Labute approximate surface area is 105 Å². The van der Waals surface area contributed by atoms with E-state index >= 15 is 0 Å². The highest BCUT2D eigenvalue weighted by Gasteiger charge is 2.07. The molecular weight excluding hydrogens is 228 g/mol. The van der Waals surface area contributed by atoms with Crippen LogP contribution in [0.3, 0.4) is 0 Å². The molecule has 0 aliphatic carbocycles. The Bertz CT molecular complexity index is 604. The van der Waals surface area contributed by atoms with Crippen molar-refractivity contribution in [1.82, 2.24) is 19.9 Å². The second kappa shape index (κ2) is 5.08. The van der Waals surface area contributed by atoms with Crippen LogP contribution in [0.5, 0.6) is 0 Å². The van der Waals surface area contributed by atoms with E-state index in [1.165, 1.54) is 6.07 Å². The number of nitrogens with zero attached hydrogens (tertiary/aromatic N) is 3. The molecule has 5 heteroatoms. The monoisotopic (exact) mass is 244 g/mol. The van der Waals surface area contributed by atoms with Crippen molar-refractivity contribution in [2.75, 3.05) is 0 Å². The first-order chi connectivity index (χ1) is 8.54. The van der Waals surface area contributed by atoms with Gasteiger partial charge in [0, 0.05) is 18.0 Å². The van der Waals surface area contributed by atoms with Crippen molar-refractivity contribution in [1.29, 1.82) is 0 Å². The highest BCUT2D eigenvalue weighted by atomic mass is 16.1. The summed E-state index contributed by atoms with van der Waals surface area (Å²) in [5, 5.41) is 0. The second-order valence-electron chi connectivity index (χ2n) is 4.67. The lowest BCUT2D eigenvalue weighted by Crippen LogP contribution is -2.12. The molecule has 0 saturated heterocycles. The smallest absolute Gasteiger partial charge is 0.251 e. The third kappa shape index (κ3) is 3.00. The molecule has 0 unspecified atom stereocenters. The number of aromatic nitrogens is 4. The van der Waals surface area contributed by atoms with Gasteiger partial charge >= 0.3 is 0 Å². The van der Waals surface area contributed by atoms with Gasteiger partial charge in [0.15, 0.2) is 5.82 Å². The molecule has 0 aliphatic rings. The predicted octanol–water partition coefficient (Wildman–Crippen LogP) is 1.73. The van der Waals surface area contributed by atoms with Crippen LogP contribution in [0, 0.1) is 12.8 Å². The minimum Gasteiger partial charge on any atom is -0.305 e. The van der Waals surface area contributed by atoms with E-state index in [4.69, 9.17) is 0 Å². The molecule has 0 aromatic carbocycles. The third-order valence-corrected chi connectivity index (χ3v) is 2.43. The Hall–Kier alpha value is -2.04. The minimum absolute atomic E-state index is 0.146. The summed E-state index contributed by atoms with van der Waals surface area (Å²) in [5.41, 5.74) is 1.29. The van der Waals surface area contributed by atoms with Crippen molar-refractivity contribution in [2.45, 2.75) is 27.2 Å². The molecule has 0 aliphatic heterocycles. The molecule has 1 N–H and O–H groups in total. The predicted molar refractivity (Wildman–Crippen MR) is 69.2 cm³/mol. The summed E-state index contributed by atoms with van der Waals surface area (Å²) in [5.74, 6) is 1.62. The molecule has 5 nitrogen and oxygen atoms in total. The summed E-state index contributed by atoms with van der Waals surface area (Å²) in [7, 11) is 0. The molecule has 0 bridgehead atoms. The third-order valence-electron chi connectivity index (χ3n) is 2.43. The highest BCUT2D eigenvalue weighted by Crippen LogP contribution is 2.11. The van der Waals surface area contributed by atoms with Crippen LogP contribution < -0.4 is 5.56 Å². The molecule has 0 amide bonds. The SMILES string of the molecule is Cc1nccc(-c2nc(CC(C)C)cc(=O)[nH]2)n1. The molecule has 0 radical (unpaired) electrons. The lowest BCUT2D eigenvalue weighted by atomic mass is 10.1. The van der Waals surface area contributed by atoms with Crippen molar-refractivity contribution in [3.8, 4) is 11.5 Å². The van der Waals surface area contributed by atoms with E-state index in [-0.39, 0.29) is 5.56 Å². The Morgan fingerprint density at radius 3 is 2.78 bits per heavy atom. The van der Waals surface area contributed by atoms with Crippen molar-refractivity contribution in [3.63, 3.8) is 0 Å². The summed E-state index contributed by atoms with van der Waals surface area (Å²) in [6.07, 6.45) is 2.44. The van der Waals surface area contributed by atoms with Crippen LogP contribution in [-0.2, 0) is 6.42 Å². The summed E-state index contributed by atoms with van der Waals surface area (Å²) >= 11 is 0. The number of rotatable bonds is 3. The van der Waals surface area contributed by atoms with E-state index < -0.39 is 0 Å². The van der Waals surface area contributed by atoms with Crippen LogP contribution in [-0.4, -0.2) is 19.9 Å². The topological polar surface area (TPSA) is 71.5 Å². The lowest BCUT2D eigenvalue weighted by molar-refractivity contribution is 0.633. The van der Waals surface area contributed by atoms with Gasteiger partial charge in [-0.15, -0.1) is 0 Å². The molecule has 2 rings (SSSR count). The summed E-state index contributed by atoms with van der Waals surface area (Å²) in [4.78, 5) is 27.0. The zero-order valence-electron chi connectivity index (χ0n) is 10.8. The van der Waals surface area contributed by atoms with E-state index in [0.717, 1.165) is 12.1 Å². The average molecular weight is 244 g/mol. The normalized spacial score (nSPS) is 10.9. The van der Waals surface area contributed by atoms with E-state index in [0.29, 0.717) is 23.3 Å². The van der Waals surface area contributed by atoms with Gasteiger partial charge < -0.3 is 4.98 Å². The molecular formula is C13H16N4O. The maximum absolute atomic E-state index is 11.6. The van der Waals surface area contributed by atoms with E-state index in [1.54, 1.807) is 19.2 Å². The molecule has 0 atom stereocenters. The Morgan fingerprint density at radius 1 is 1.33 bits per heavy atom. The maximum Gasteiger partial charge on any atom is 0.251 e. The quantitative estimate of drug-likeness (QED) is 0.892. The molecule has 94 valence electrons. The van der Waals surface area contributed by atoms with Gasteiger partial charge in [-0.25, -0.2) is 15.0 Å². The fourth-order valence-electron chi connectivity index (χ4n) is 1.74. The van der Waals surface area contributed by atoms with E-state index in [2.05, 4.69) is 33.8 Å². The van der Waals surface area contributed by atoms with Gasteiger partial charge in [-0.3, -0.25) is 4.79 Å². The van der Waals surface area contributed by atoms with Crippen molar-refractivity contribution >= 4 is 0 Å². The second-order valence-corrected chi connectivity index (χ2v) is 4.67. The first-order valence-corrected chi connectivity index (χ1v) is 5.95. The highest BCUT2D eigenvalue weighted by molar-refractivity contribution is 5.47.